The van der Waals surface area contributed by atoms with Crippen molar-refractivity contribution in [1.82, 2.24) is 9.80 Å². The van der Waals surface area contributed by atoms with Gasteiger partial charge in [-0.3, -0.25) is 9.59 Å². The van der Waals surface area contributed by atoms with Crippen LogP contribution in [0.25, 0.3) is 5.76 Å². The molecule has 1 aliphatic heterocycles. The average molecular weight is 407 g/mol. The van der Waals surface area contributed by atoms with Crippen molar-refractivity contribution in [3.63, 3.8) is 0 Å². The fourth-order valence-electron chi connectivity index (χ4n) is 3.70. The van der Waals surface area contributed by atoms with Crippen molar-refractivity contribution in [2.45, 2.75) is 32.7 Å². The summed E-state index contributed by atoms with van der Waals surface area (Å²) in [6.07, 6.45) is 0. The number of rotatable bonds is 6. The molecule has 1 aliphatic rings. The van der Waals surface area contributed by atoms with Crippen LogP contribution in [0.2, 0.25) is 0 Å². The van der Waals surface area contributed by atoms with Gasteiger partial charge in [0.25, 0.3) is 11.7 Å². The lowest BCUT2D eigenvalue weighted by molar-refractivity contribution is -0.140. The number of aliphatic hydroxyl groups is 1. The monoisotopic (exact) mass is 406 g/mol. The molecule has 2 aromatic carbocycles. The van der Waals surface area contributed by atoms with Crippen LogP contribution in [-0.2, 0) is 9.59 Å². The van der Waals surface area contributed by atoms with Crippen LogP contribution < -0.4 is 0 Å². The van der Waals surface area contributed by atoms with Gasteiger partial charge in [0, 0.05) is 18.7 Å². The third-order valence-electron chi connectivity index (χ3n) is 5.57. The quantitative estimate of drug-likeness (QED) is 0.446. The number of amides is 1. The number of aliphatic hydroxyl groups excluding tert-OH is 1. The summed E-state index contributed by atoms with van der Waals surface area (Å²) >= 11 is 0. The second-order valence-corrected chi connectivity index (χ2v) is 8.48. The largest absolute Gasteiger partial charge is 0.507 e. The molecule has 158 valence electrons. The van der Waals surface area contributed by atoms with Crippen LogP contribution in [0.15, 0.2) is 54.1 Å². The number of Topliss-reactive ketones (excluding diaryl/α,β-unsaturated/α-hetero) is 1. The number of carbonyl (C=O) groups excluding carboxylic acids is 2. The molecule has 0 aliphatic carbocycles. The lowest BCUT2D eigenvalue weighted by atomic mass is 9.93. The zero-order chi connectivity index (χ0) is 22.0. The molecule has 1 heterocycles. The second-order valence-electron chi connectivity index (χ2n) is 8.48. The Labute approximate surface area is 178 Å². The van der Waals surface area contributed by atoms with Gasteiger partial charge in [-0.15, -0.1) is 0 Å². The van der Waals surface area contributed by atoms with Gasteiger partial charge in [0.15, 0.2) is 0 Å². The predicted octanol–water partition coefficient (Wildman–Crippen LogP) is 4.10. The highest BCUT2D eigenvalue weighted by Crippen LogP contribution is 2.39. The number of benzene rings is 2. The number of aryl methyl sites for hydroxylation is 1. The molecule has 5 heteroatoms. The average Bonchev–Trinajstić information content (AvgIpc) is 2.97. The van der Waals surface area contributed by atoms with E-state index in [1.54, 1.807) is 17.0 Å². The summed E-state index contributed by atoms with van der Waals surface area (Å²) in [6, 6.07) is 14.7. The van der Waals surface area contributed by atoms with Crippen molar-refractivity contribution >= 4 is 17.4 Å². The SMILES string of the molecule is Cc1ccc(/C(O)=C2/C(=O)C(=O)N(CCN(C)C)C2c2ccc(C(C)C)cc2)cc1. The lowest BCUT2D eigenvalue weighted by Crippen LogP contribution is -2.35. The van der Waals surface area contributed by atoms with Gasteiger partial charge in [0.05, 0.1) is 11.6 Å². The van der Waals surface area contributed by atoms with E-state index in [1.807, 2.05) is 62.3 Å². The molecule has 0 radical (unpaired) electrons. The molecular formula is C25H30N2O3. The molecule has 0 saturated carbocycles. The van der Waals surface area contributed by atoms with Crippen molar-refractivity contribution in [1.29, 1.82) is 0 Å². The van der Waals surface area contributed by atoms with Crippen LogP contribution in [0.4, 0.5) is 0 Å². The number of hydrogen-bond acceptors (Lipinski definition) is 4. The molecule has 1 unspecified atom stereocenters. The smallest absolute Gasteiger partial charge is 0.295 e. The Kier molecular flexibility index (Phi) is 6.42. The topological polar surface area (TPSA) is 60.9 Å². The third-order valence-corrected chi connectivity index (χ3v) is 5.57. The second kappa shape index (κ2) is 8.84. The van der Waals surface area contributed by atoms with Crippen molar-refractivity contribution in [2.75, 3.05) is 27.2 Å². The van der Waals surface area contributed by atoms with Gasteiger partial charge in [-0.05, 0) is 38.1 Å². The minimum Gasteiger partial charge on any atom is -0.507 e. The maximum absolute atomic E-state index is 13.0. The van der Waals surface area contributed by atoms with E-state index in [4.69, 9.17) is 0 Å². The molecular weight excluding hydrogens is 376 g/mol. The summed E-state index contributed by atoms with van der Waals surface area (Å²) in [5.74, 6) is -0.946. The molecule has 0 spiro atoms. The highest BCUT2D eigenvalue weighted by Gasteiger charge is 2.45. The number of nitrogens with zero attached hydrogens (tertiary/aromatic N) is 2. The molecule has 3 rings (SSSR count). The molecule has 1 saturated heterocycles. The first-order chi connectivity index (χ1) is 14.2. The molecule has 0 aromatic heterocycles. The first-order valence-corrected chi connectivity index (χ1v) is 10.3. The number of ketones is 1. The Morgan fingerprint density at radius 3 is 2.17 bits per heavy atom. The van der Waals surface area contributed by atoms with E-state index in [0.717, 1.165) is 11.1 Å². The van der Waals surface area contributed by atoms with Gasteiger partial charge < -0.3 is 14.9 Å². The Morgan fingerprint density at radius 1 is 1.03 bits per heavy atom. The van der Waals surface area contributed by atoms with Crippen LogP contribution in [0.5, 0.6) is 0 Å². The van der Waals surface area contributed by atoms with Gasteiger partial charge in [0.1, 0.15) is 5.76 Å². The predicted molar refractivity (Wildman–Crippen MR) is 119 cm³/mol. The van der Waals surface area contributed by atoms with Crippen molar-refractivity contribution in [3.05, 3.63) is 76.4 Å². The van der Waals surface area contributed by atoms with Crippen molar-refractivity contribution in [3.8, 4) is 0 Å². The van der Waals surface area contributed by atoms with Crippen molar-refractivity contribution in [2.24, 2.45) is 0 Å². The standard InChI is InChI=1S/C25H30N2O3/c1-16(2)18-10-12-19(13-11-18)22-21(23(28)20-8-6-17(3)7-9-20)24(29)25(30)27(22)15-14-26(4)5/h6-13,16,22,28H,14-15H2,1-5H3/b23-21-. The Morgan fingerprint density at radius 2 is 1.63 bits per heavy atom. The number of likely N-dealkylation sites (tertiary alicyclic amines) is 1. The number of hydrogen-bond donors (Lipinski definition) is 1. The minimum atomic E-state index is -0.634. The maximum atomic E-state index is 13.0. The molecule has 1 fully saturated rings. The van der Waals surface area contributed by atoms with Gasteiger partial charge in [0.2, 0.25) is 0 Å². The van der Waals surface area contributed by atoms with Crippen molar-refractivity contribution < 1.29 is 14.7 Å². The Bertz CT molecular complexity index is 957. The number of carbonyl (C=O) groups is 2. The summed E-state index contributed by atoms with van der Waals surface area (Å²) in [6.45, 7) is 7.22. The van der Waals surface area contributed by atoms with Crippen LogP contribution in [-0.4, -0.2) is 53.8 Å². The zero-order valence-corrected chi connectivity index (χ0v) is 18.3. The molecule has 0 bridgehead atoms. The Balaban J connectivity index is 2.12. The van der Waals surface area contributed by atoms with Crippen LogP contribution in [0.1, 0.15) is 48.1 Å². The molecule has 5 nitrogen and oxygen atoms in total. The van der Waals surface area contributed by atoms with Crippen LogP contribution >= 0.6 is 0 Å². The van der Waals surface area contributed by atoms with E-state index in [2.05, 4.69) is 13.8 Å². The van der Waals surface area contributed by atoms with E-state index in [0.29, 0.717) is 24.6 Å². The van der Waals surface area contributed by atoms with E-state index in [-0.39, 0.29) is 11.3 Å². The fourth-order valence-corrected chi connectivity index (χ4v) is 3.70. The van der Waals surface area contributed by atoms with E-state index < -0.39 is 17.7 Å². The fraction of sp³-hybridized carbons (Fsp3) is 0.360. The van der Waals surface area contributed by atoms with Gasteiger partial charge in [-0.2, -0.15) is 0 Å². The summed E-state index contributed by atoms with van der Waals surface area (Å²) in [7, 11) is 3.85. The van der Waals surface area contributed by atoms with Gasteiger partial charge in [-0.25, -0.2) is 0 Å². The van der Waals surface area contributed by atoms with E-state index in [9.17, 15) is 14.7 Å². The van der Waals surface area contributed by atoms with E-state index >= 15 is 0 Å². The lowest BCUT2D eigenvalue weighted by Gasteiger charge is -2.27. The highest BCUT2D eigenvalue weighted by molar-refractivity contribution is 6.46. The summed E-state index contributed by atoms with van der Waals surface area (Å²) < 4.78 is 0. The van der Waals surface area contributed by atoms with Crippen LogP contribution in [0.3, 0.4) is 0 Å². The zero-order valence-electron chi connectivity index (χ0n) is 18.3. The molecule has 1 amide bonds. The highest BCUT2D eigenvalue weighted by atomic mass is 16.3. The third kappa shape index (κ3) is 4.31. The van der Waals surface area contributed by atoms with Gasteiger partial charge in [-0.1, -0.05) is 67.9 Å². The molecule has 30 heavy (non-hydrogen) atoms. The maximum Gasteiger partial charge on any atom is 0.295 e. The minimum absolute atomic E-state index is 0.126. The molecule has 1 atom stereocenters. The Hall–Kier alpha value is -2.92. The molecule has 2 aromatic rings. The first kappa shape index (κ1) is 21.8. The first-order valence-electron chi connectivity index (χ1n) is 10.3. The number of likely N-dealkylation sites (N-methyl/N-ethyl adjacent to an activating group) is 1. The van der Waals surface area contributed by atoms with E-state index in [1.165, 1.54) is 5.56 Å². The summed E-state index contributed by atoms with van der Waals surface area (Å²) in [4.78, 5) is 29.4. The molecule has 1 N–H and O–H groups in total. The van der Waals surface area contributed by atoms with Gasteiger partial charge >= 0.3 is 0 Å². The summed E-state index contributed by atoms with van der Waals surface area (Å²) in [5, 5.41) is 11.0. The van der Waals surface area contributed by atoms with Crippen LogP contribution in [0, 0.1) is 6.92 Å². The normalized spacial score (nSPS) is 18.6. The summed E-state index contributed by atoms with van der Waals surface area (Å²) in [5.41, 5.74) is 3.75.